The van der Waals surface area contributed by atoms with Crippen LogP contribution >= 0.6 is 11.3 Å². The van der Waals surface area contributed by atoms with Crippen molar-refractivity contribution in [1.29, 1.82) is 0 Å². The summed E-state index contributed by atoms with van der Waals surface area (Å²) < 4.78 is 5.14. The van der Waals surface area contributed by atoms with Gasteiger partial charge in [0.25, 0.3) is 0 Å². The molecule has 2 nitrogen and oxygen atoms in total. The Hall–Kier alpha value is -1.45. The molecule has 0 aliphatic rings. The van der Waals surface area contributed by atoms with E-state index in [-0.39, 0.29) is 5.78 Å². The third kappa shape index (κ3) is 3.52. The Labute approximate surface area is 118 Å². The van der Waals surface area contributed by atoms with Crippen LogP contribution in [0.1, 0.15) is 35.0 Å². The largest absolute Gasteiger partial charge is 0.380 e. The third-order valence-corrected chi connectivity index (χ3v) is 4.06. The van der Waals surface area contributed by atoms with Gasteiger partial charge in [-0.15, -0.1) is 11.3 Å². The van der Waals surface area contributed by atoms with Gasteiger partial charge in [-0.25, -0.2) is 0 Å². The lowest BCUT2D eigenvalue weighted by molar-refractivity contribution is 0.0985. The molecule has 1 heterocycles. The van der Waals surface area contributed by atoms with E-state index in [4.69, 9.17) is 4.74 Å². The molecule has 0 aliphatic carbocycles. The molecule has 0 saturated heterocycles. The van der Waals surface area contributed by atoms with Gasteiger partial charge in [-0.1, -0.05) is 25.1 Å². The van der Waals surface area contributed by atoms with Crippen LogP contribution in [0.15, 0.2) is 36.4 Å². The van der Waals surface area contributed by atoms with Crippen LogP contribution in [0, 0.1) is 0 Å². The van der Waals surface area contributed by atoms with Crippen molar-refractivity contribution >= 4 is 17.1 Å². The minimum atomic E-state index is 0.242. The summed E-state index contributed by atoms with van der Waals surface area (Å²) in [6.07, 6.45) is 1.53. The van der Waals surface area contributed by atoms with Crippen LogP contribution in [-0.4, -0.2) is 12.9 Å². The van der Waals surface area contributed by atoms with E-state index in [1.165, 1.54) is 0 Å². The van der Waals surface area contributed by atoms with Gasteiger partial charge in [-0.05, 0) is 35.7 Å². The van der Waals surface area contributed by atoms with Crippen molar-refractivity contribution in [2.24, 2.45) is 0 Å². The number of ketones is 1. The predicted molar refractivity (Wildman–Crippen MR) is 79.7 cm³/mol. The van der Waals surface area contributed by atoms with E-state index in [9.17, 15) is 4.79 Å². The van der Waals surface area contributed by atoms with Gasteiger partial charge in [0.1, 0.15) is 0 Å². The summed E-state index contributed by atoms with van der Waals surface area (Å²) >= 11 is 1.57. The molecule has 0 spiro atoms. The lowest BCUT2D eigenvalue weighted by atomic mass is 10.1. The number of thiophene rings is 1. The van der Waals surface area contributed by atoms with Gasteiger partial charge in [0, 0.05) is 18.4 Å². The molecule has 0 amide bonds. The molecule has 0 bridgehead atoms. The summed E-state index contributed by atoms with van der Waals surface area (Å²) in [5.41, 5.74) is 2.30. The molecule has 2 aromatic rings. The highest BCUT2D eigenvalue weighted by molar-refractivity contribution is 7.17. The highest BCUT2D eigenvalue weighted by Crippen LogP contribution is 2.29. The number of carbonyl (C=O) groups is 1. The number of ether oxygens (including phenoxy) is 1. The number of hydrogen-bond acceptors (Lipinski definition) is 3. The maximum atomic E-state index is 11.8. The molecule has 0 N–H and O–H groups in total. The Morgan fingerprint density at radius 2 is 2.11 bits per heavy atom. The van der Waals surface area contributed by atoms with Crippen molar-refractivity contribution in [3.8, 4) is 10.4 Å². The zero-order valence-electron chi connectivity index (χ0n) is 11.3. The first kappa shape index (κ1) is 14.0. The predicted octanol–water partition coefficient (Wildman–Crippen LogP) is 4.54. The molecule has 1 aromatic heterocycles. The Morgan fingerprint density at radius 3 is 2.84 bits per heavy atom. The third-order valence-electron chi connectivity index (χ3n) is 2.88. The van der Waals surface area contributed by atoms with Gasteiger partial charge in [0.15, 0.2) is 5.78 Å². The maximum absolute atomic E-state index is 11.8. The quantitative estimate of drug-likeness (QED) is 0.723. The van der Waals surface area contributed by atoms with Crippen molar-refractivity contribution in [2.45, 2.75) is 26.4 Å². The molecule has 100 valence electrons. The number of Topliss-reactive ketones (excluding diaryl/α,β-unsaturated/α-hetero) is 1. The Morgan fingerprint density at radius 1 is 1.26 bits per heavy atom. The van der Waals surface area contributed by atoms with Gasteiger partial charge in [-0.2, -0.15) is 0 Å². The van der Waals surface area contributed by atoms with Crippen molar-refractivity contribution < 1.29 is 9.53 Å². The van der Waals surface area contributed by atoms with E-state index in [0.717, 1.165) is 27.3 Å². The number of hydrogen-bond donors (Lipinski definition) is 0. The topological polar surface area (TPSA) is 26.3 Å². The SMILES string of the molecule is CCCC(=O)c1ccc(-c2cccc(COC)c2)s1. The lowest BCUT2D eigenvalue weighted by Crippen LogP contribution is -1.93. The number of methoxy groups -OCH3 is 1. The first-order chi connectivity index (χ1) is 9.24. The first-order valence-corrected chi connectivity index (χ1v) is 7.27. The second-order valence-electron chi connectivity index (χ2n) is 4.47. The van der Waals surface area contributed by atoms with Crippen LogP contribution in [-0.2, 0) is 11.3 Å². The smallest absolute Gasteiger partial charge is 0.172 e. The number of carbonyl (C=O) groups excluding carboxylic acids is 1. The van der Waals surface area contributed by atoms with E-state index in [2.05, 4.69) is 12.1 Å². The summed E-state index contributed by atoms with van der Waals surface area (Å²) in [5, 5.41) is 0. The van der Waals surface area contributed by atoms with Crippen molar-refractivity contribution in [3.63, 3.8) is 0 Å². The average Bonchev–Trinajstić information content (AvgIpc) is 2.89. The summed E-state index contributed by atoms with van der Waals surface area (Å²) in [6.45, 7) is 2.64. The van der Waals surface area contributed by atoms with Crippen LogP contribution < -0.4 is 0 Å². The van der Waals surface area contributed by atoms with Crippen LogP contribution in [0.2, 0.25) is 0 Å². The minimum absolute atomic E-state index is 0.242. The van der Waals surface area contributed by atoms with E-state index in [1.54, 1.807) is 18.4 Å². The molecule has 0 atom stereocenters. The van der Waals surface area contributed by atoms with Gasteiger partial charge in [0.2, 0.25) is 0 Å². The molecular formula is C16H18O2S. The van der Waals surface area contributed by atoms with E-state index < -0.39 is 0 Å². The van der Waals surface area contributed by atoms with E-state index >= 15 is 0 Å². The Balaban J connectivity index is 2.22. The second kappa shape index (κ2) is 6.64. The molecule has 0 aliphatic heterocycles. The highest BCUT2D eigenvalue weighted by atomic mass is 32.1. The molecule has 2 rings (SSSR count). The van der Waals surface area contributed by atoms with Crippen LogP contribution in [0.4, 0.5) is 0 Å². The van der Waals surface area contributed by atoms with Crippen LogP contribution in [0.5, 0.6) is 0 Å². The fraction of sp³-hybridized carbons (Fsp3) is 0.312. The van der Waals surface area contributed by atoms with Crippen molar-refractivity contribution in [2.75, 3.05) is 7.11 Å². The molecule has 0 unspecified atom stereocenters. The van der Waals surface area contributed by atoms with Crippen molar-refractivity contribution in [3.05, 3.63) is 46.8 Å². The average molecular weight is 274 g/mol. The van der Waals surface area contributed by atoms with Crippen molar-refractivity contribution in [1.82, 2.24) is 0 Å². The fourth-order valence-corrected chi connectivity index (χ4v) is 2.94. The zero-order valence-corrected chi connectivity index (χ0v) is 12.1. The zero-order chi connectivity index (χ0) is 13.7. The van der Waals surface area contributed by atoms with Gasteiger partial charge < -0.3 is 4.74 Å². The first-order valence-electron chi connectivity index (χ1n) is 6.46. The van der Waals surface area contributed by atoms with E-state index in [1.807, 2.05) is 31.2 Å². The number of benzene rings is 1. The maximum Gasteiger partial charge on any atom is 0.172 e. The van der Waals surface area contributed by atoms with Crippen LogP contribution in [0.25, 0.3) is 10.4 Å². The normalized spacial score (nSPS) is 10.6. The van der Waals surface area contributed by atoms with Gasteiger partial charge >= 0.3 is 0 Å². The Bertz CT molecular complexity index is 557. The summed E-state index contributed by atoms with van der Waals surface area (Å²) in [5.74, 6) is 0.242. The van der Waals surface area contributed by atoms with E-state index in [0.29, 0.717) is 13.0 Å². The van der Waals surface area contributed by atoms with Gasteiger partial charge in [-0.3, -0.25) is 4.79 Å². The minimum Gasteiger partial charge on any atom is -0.380 e. The van der Waals surface area contributed by atoms with Crippen LogP contribution in [0.3, 0.4) is 0 Å². The summed E-state index contributed by atoms with van der Waals surface area (Å²) in [4.78, 5) is 13.8. The summed E-state index contributed by atoms with van der Waals surface area (Å²) in [7, 11) is 1.69. The Kier molecular flexibility index (Phi) is 4.88. The number of rotatable bonds is 6. The lowest BCUT2D eigenvalue weighted by Gasteiger charge is -2.02. The molecule has 0 radical (unpaired) electrons. The molecule has 0 saturated carbocycles. The molecule has 1 aromatic carbocycles. The highest BCUT2D eigenvalue weighted by Gasteiger charge is 2.09. The molecule has 19 heavy (non-hydrogen) atoms. The molecule has 3 heteroatoms. The monoisotopic (exact) mass is 274 g/mol. The summed E-state index contributed by atoms with van der Waals surface area (Å²) in [6, 6.07) is 12.2. The molecular weight excluding hydrogens is 256 g/mol. The molecule has 0 fully saturated rings. The second-order valence-corrected chi connectivity index (χ2v) is 5.55. The van der Waals surface area contributed by atoms with Gasteiger partial charge in [0.05, 0.1) is 11.5 Å². The standard InChI is InChI=1S/C16H18O2S/c1-3-5-14(17)16-9-8-15(19-16)13-7-4-6-12(10-13)11-18-2/h4,6-10H,3,5,11H2,1-2H3. The fourth-order valence-electron chi connectivity index (χ4n) is 1.97.